The minimum atomic E-state index is -0.876. The quantitative estimate of drug-likeness (QED) is 0.355. The Bertz CT molecular complexity index is 933. The molecule has 1 aliphatic rings. The number of β-amino-alcohol motifs (C(OH)–C–C–N with tert-alkyl or cyclic N) is 1. The number of hydrogen-bond acceptors (Lipinski definition) is 6. The van der Waals surface area contributed by atoms with Crippen molar-refractivity contribution >= 4 is 23.4 Å². The number of amides is 1. The van der Waals surface area contributed by atoms with E-state index in [0.717, 1.165) is 0 Å². The van der Waals surface area contributed by atoms with Crippen LogP contribution in [0.15, 0.2) is 60.2 Å². The molecule has 1 saturated heterocycles. The molecular weight excluding hydrogens is 362 g/mol. The number of esters is 1. The third-order valence-corrected chi connectivity index (χ3v) is 4.58. The standard InChI is InChI=1S/C21H19NO6/c1-28-21(27)15-9-7-13(8-10-15)17-16(18(24)14-5-3-2-4-6-14)19(25)20(26)22(17)11-12-23/h2-10,17,23-24H,11-12H2,1H3/t17-/m0/s1. The van der Waals surface area contributed by atoms with Gasteiger partial charge in [0.25, 0.3) is 11.7 Å². The number of carbonyl (C=O) groups is 3. The number of aliphatic hydroxyl groups excluding tert-OH is 2. The fraction of sp³-hybridized carbons (Fsp3) is 0.190. The van der Waals surface area contributed by atoms with Gasteiger partial charge in [0.2, 0.25) is 0 Å². The van der Waals surface area contributed by atoms with Crippen molar-refractivity contribution in [3.8, 4) is 0 Å². The number of ether oxygens (including phenoxy) is 1. The first-order valence-electron chi connectivity index (χ1n) is 8.62. The summed E-state index contributed by atoms with van der Waals surface area (Å²) in [6, 6.07) is 13.8. The lowest BCUT2D eigenvalue weighted by atomic mass is 9.94. The van der Waals surface area contributed by atoms with Crippen LogP contribution in [0.3, 0.4) is 0 Å². The maximum absolute atomic E-state index is 12.6. The summed E-state index contributed by atoms with van der Waals surface area (Å²) in [6.07, 6.45) is 0. The molecule has 7 heteroatoms. The summed E-state index contributed by atoms with van der Waals surface area (Å²) in [5, 5.41) is 20.1. The number of nitrogens with zero attached hydrogens (tertiary/aromatic N) is 1. The normalized spacial score (nSPS) is 18.4. The van der Waals surface area contributed by atoms with Gasteiger partial charge in [0.15, 0.2) is 0 Å². The topological polar surface area (TPSA) is 104 Å². The molecule has 0 spiro atoms. The van der Waals surface area contributed by atoms with Crippen LogP contribution in [0.1, 0.15) is 27.5 Å². The molecule has 0 unspecified atom stereocenters. The van der Waals surface area contributed by atoms with E-state index in [1.807, 2.05) is 0 Å². The van der Waals surface area contributed by atoms with Crippen LogP contribution in [-0.2, 0) is 14.3 Å². The summed E-state index contributed by atoms with van der Waals surface area (Å²) in [7, 11) is 1.27. The number of Topliss-reactive ketones (excluding diaryl/α,β-unsaturated/α-hetero) is 1. The second-order valence-electron chi connectivity index (χ2n) is 6.20. The van der Waals surface area contributed by atoms with Crippen LogP contribution in [0.25, 0.3) is 5.76 Å². The number of methoxy groups -OCH3 is 1. The SMILES string of the molecule is COC(=O)c1ccc([C@H]2C(=C(O)c3ccccc3)C(=O)C(=O)N2CCO)cc1. The zero-order valence-corrected chi connectivity index (χ0v) is 15.2. The van der Waals surface area contributed by atoms with Crippen molar-refractivity contribution in [2.45, 2.75) is 6.04 Å². The van der Waals surface area contributed by atoms with Crippen LogP contribution in [0, 0.1) is 0 Å². The van der Waals surface area contributed by atoms with E-state index < -0.39 is 23.7 Å². The summed E-state index contributed by atoms with van der Waals surface area (Å²) in [6.45, 7) is -0.408. The van der Waals surface area contributed by atoms with Gasteiger partial charge in [-0.25, -0.2) is 4.79 Å². The smallest absolute Gasteiger partial charge is 0.337 e. The van der Waals surface area contributed by atoms with Gasteiger partial charge in [-0.15, -0.1) is 0 Å². The van der Waals surface area contributed by atoms with E-state index in [1.165, 1.54) is 24.1 Å². The van der Waals surface area contributed by atoms with Crippen molar-refractivity contribution in [1.29, 1.82) is 0 Å². The maximum Gasteiger partial charge on any atom is 0.337 e. The molecule has 0 bridgehead atoms. The van der Waals surface area contributed by atoms with Crippen molar-refractivity contribution in [2.24, 2.45) is 0 Å². The minimum absolute atomic E-state index is 0.0598. The highest BCUT2D eigenvalue weighted by atomic mass is 16.5. The number of likely N-dealkylation sites (tertiary alicyclic amines) is 1. The van der Waals surface area contributed by atoms with Gasteiger partial charge in [-0.05, 0) is 17.7 Å². The predicted molar refractivity (Wildman–Crippen MR) is 100 cm³/mol. The van der Waals surface area contributed by atoms with Crippen LogP contribution < -0.4 is 0 Å². The van der Waals surface area contributed by atoms with Gasteiger partial charge in [-0.2, -0.15) is 0 Å². The number of rotatable bonds is 5. The zero-order valence-electron chi connectivity index (χ0n) is 15.2. The van der Waals surface area contributed by atoms with Crippen molar-refractivity contribution in [3.63, 3.8) is 0 Å². The van der Waals surface area contributed by atoms with Gasteiger partial charge >= 0.3 is 5.97 Å². The third-order valence-electron chi connectivity index (χ3n) is 4.58. The summed E-state index contributed by atoms with van der Waals surface area (Å²) >= 11 is 0. The number of ketones is 1. The number of aliphatic hydroxyl groups is 2. The van der Waals surface area contributed by atoms with E-state index >= 15 is 0 Å². The monoisotopic (exact) mass is 381 g/mol. The zero-order chi connectivity index (χ0) is 20.3. The molecule has 1 aliphatic heterocycles. The molecule has 0 aromatic heterocycles. The van der Waals surface area contributed by atoms with Crippen LogP contribution in [0.4, 0.5) is 0 Å². The Balaban J connectivity index is 2.13. The minimum Gasteiger partial charge on any atom is -0.507 e. The van der Waals surface area contributed by atoms with Crippen molar-refractivity contribution in [2.75, 3.05) is 20.3 Å². The van der Waals surface area contributed by atoms with E-state index in [-0.39, 0.29) is 24.5 Å². The lowest BCUT2D eigenvalue weighted by Crippen LogP contribution is -2.32. The van der Waals surface area contributed by atoms with Gasteiger partial charge in [0.05, 0.1) is 30.9 Å². The maximum atomic E-state index is 12.6. The predicted octanol–water partition coefficient (Wildman–Crippen LogP) is 1.89. The van der Waals surface area contributed by atoms with Crippen LogP contribution in [0.5, 0.6) is 0 Å². The third kappa shape index (κ3) is 3.39. The molecule has 0 radical (unpaired) electrons. The molecule has 1 heterocycles. The molecule has 3 rings (SSSR count). The largest absolute Gasteiger partial charge is 0.507 e. The van der Waals surface area contributed by atoms with E-state index in [4.69, 9.17) is 0 Å². The Hall–Kier alpha value is -3.45. The van der Waals surface area contributed by atoms with E-state index in [2.05, 4.69) is 4.74 Å². The first kappa shape index (κ1) is 19.3. The van der Waals surface area contributed by atoms with E-state index in [9.17, 15) is 24.6 Å². The second-order valence-corrected chi connectivity index (χ2v) is 6.20. The number of hydrogen-bond donors (Lipinski definition) is 2. The van der Waals surface area contributed by atoms with Crippen LogP contribution in [-0.4, -0.2) is 53.0 Å². The van der Waals surface area contributed by atoms with Gasteiger partial charge in [-0.3, -0.25) is 9.59 Å². The Morgan fingerprint density at radius 2 is 1.68 bits per heavy atom. The Labute approximate surface area is 161 Å². The van der Waals surface area contributed by atoms with Gasteiger partial charge in [0, 0.05) is 12.1 Å². The first-order valence-corrected chi connectivity index (χ1v) is 8.62. The molecule has 2 aromatic rings. The number of benzene rings is 2. The Morgan fingerprint density at radius 3 is 2.25 bits per heavy atom. The van der Waals surface area contributed by atoms with Crippen LogP contribution >= 0.6 is 0 Å². The molecular formula is C21H19NO6. The summed E-state index contributed by atoms with van der Waals surface area (Å²) in [5.41, 5.74) is 1.18. The fourth-order valence-corrected chi connectivity index (χ4v) is 3.24. The molecule has 0 saturated carbocycles. The number of carbonyl (C=O) groups excluding carboxylic acids is 3. The molecule has 2 N–H and O–H groups in total. The highest BCUT2D eigenvalue weighted by Gasteiger charge is 2.45. The fourth-order valence-electron chi connectivity index (χ4n) is 3.24. The van der Waals surface area contributed by atoms with Gasteiger partial charge in [0.1, 0.15) is 5.76 Å². The lowest BCUT2D eigenvalue weighted by Gasteiger charge is -2.24. The first-order chi connectivity index (χ1) is 13.5. The van der Waals surface area contributed by atoms with Crippen molar-refractivity contribution in [3.05, 3.63) is 76.9 Å². The van der Waals surface area contributed by atoms with E-state index in [0.29, 0.717) is 16.7 Å². The molecule has 2 aromatic carbocycles. The molecule has 0 aliphatic carbocycles. The molecule has 1 atom stereocenters. The highest BCUT2D eigenvalue weighted by molar-refractivity contribution is 6.46. The van der Waals surface area contributed by atoms with Gasteiger partial charge < -0.3 is 19.8 Å². The second kappa shape index (κ2) is 8.06. The van der Waals surface area contributed by atoms with Gasteiger partial charge in [-0.1, -0.05) is 42.5 Å². The molecule has 1 amide bonds. The lowest BCUT2D eigenvalue weighted by molar-refractivity contribution is -0.140. The summed E-state index contributed by atoms with van der Waals surface area (Å²) in [5.74, 6) is -2.42. The molecule has 1 fully saturated rings. The van der Waals surface area contributed by atoms with E-state index in [1.54, 1.807) is 42.5 Å². The summed E-state index contributed by atoms with van der Waals surface area (Å²) in [4.78, 5) is 38.0. The highest BCUT2D eigenvalue weighted by Crippen LogP contribution is 2.39. The van der Waals surface area contributed by atoms with Crippen molar-refractivity contribution in [1.82, 2.24) is 4.90 Å². The van der Waals surface area contributed by atoms with Crippen LogP contribution in [0.2, 0.25) is 0 Å². The Morgan fingerprint density at radius 1 is 1.04 bits per heavy atom. The molecule has 144 valence electrons. The molecule has 28 heavy (non-hydrogen) atoms. The average Bonchev–Trinajstić information content (AvgIpc) is 2.98. The summed E-state index contributed by atoms with van der Waals surface area (Å²) < 4.78 is 4.67. The average molecular weight is 381 g/mol. The van der Waals surface area contributed by atoms with Crippen molar-refractivity contribution < 1.29 is 29.3 Å². The Kier molecular flexibility index (Phi) is 5.56. The molecule has 7 nitrogen and oxygen atoms in total.